The fourth-order valence-electron chi connectivity index (χ4n) is 2.21. The van der Waals surface area contributed by atoms with E-state index in [1.54, 1.807) is 24.3 Å². The lowest BCUT2D eigenvalue weighted by molar-refractivity contribution is -0.384. The van der Waals surface area contributed by atoms with Crippen LogP contribution in [0.5, 0.6) is 11.5 Å². The maximum absolute atomic E-state index is 10.9. The van der Waals surface area contributed by atoms with E-state index < -0.39 is 4.92 Å². The van der Waals surface area contributed by atoms with Crippen LogP contribution in [0.25, 0.3) is 11.6 Å². The fourth-order valence-corrected chi connectivity index (χ4v) is 2.79. The van der Waals surface area contributed by atoms with Crippen molar-refractivity contribution in [3.63, 3.8) is 0 Å². The second-order valence-corrected chi connectivity index (χ2v) is 5.86. The van der Waals surface area contributed by atoms with E-state index in [-0.39, 0.29) is 17.9 Å². The number of hydrogen-bond donors (Lipinski definition) is 0. The number of nitrogens with zero attached hydrogens (tertiary/aromatic N) is 2. The molecule has 2 rings (SSSR count). The summed E-state index contributed by atoms with van der Waals surface area (Å²) in [6, 6.07) is 11.4. The highest BCUT2D eigenvalue weighted by atomic mass is 79.9. The molecule has 0 radical (unpaired) electrons. The van der Waals surface area contributed by atoms with Crippen LogP contribution in [-0.2, 0) is 0 Å². The van der Waals surface area contributed by atoms with Crippen LogP contribution in [0.2, 0.25) is 0 Å². The van der Waals surface area contributed by atoms with Crippen molar-refractivity contribution in [3.8, 4) is 29.9 Å². The number of benzene rings is 2. The van der Waals surface area contributed by atoms with Crippen LogP contribution in [-0.4, -0.2) is 18.6 Å². The Hall–Kier alpha value is -3.29. The number of nitriles is 1. The number of methoxy groups -OCH3 is 1. The third kappa shape index (κ3) is 4.41. The summed E-state index contributed by atoms with van der Waals surface area (Å²) in [6.45, 7) is 0.0846. The summed E-state index contributed by atoms with van der Waals surface area (Å²) in [5, 5.41) is 20.4. The van der Waals surface area contributed by atoms with Crippen LogP contribution < -0.4 is 9.47 Å². The number of rotatable bonds is 6. The molecule has 0 bridgehead atoms. The first-order valence-corrected chi connectivity index (χ1v) is 8.10. The molecule has 0 aliphatic heterocycles. The minimum Gasteiger partial charge on any atom is -0.493 e. The van der Waals surface area contributed by atoms with Gasteiger partial charge in [-0.05, 0) is 45.3 Å². The minimum absolute atomic E-state index is 0.0829. The fraction of sp³-hybridized carbons (Fsp3) is 0.105. The number of nitro groups is 1. The lowest BCUT2D eigenvalue weighted by atomic mass is 10.0. The normalized spacial score (nSPS) is 10.5. The zero-order chi connectivity index (χ0) is 19.1. The zero-order valence-electron chi connectivity index (χ0n) is 13.7. The van der Waals surface area contributed by atoms with Crippen LogP contribution in [0.15, 0.2) is 40.9 Å². The Bertz CT molecular complexity index is 955. The van der Waals surface area contributed by atoms with E-state index in [0.29, 0.717) is 27.1 Å². The zero-order valence-corrected chi connectivity index (χ0v) is 15.3. The second kappa shape index (κ2) is 8.70. The van der Waals surface area contributed by atoms with E-state index in [1.165, 1.54) is 25.3 Å². The molecule has 0 saturated carbocycles. The van der Waals surface area contributed by atoms with Crippen LogP contribution in [0.4, 0.5) is 5.69 Å². The van der Waals surface area contributed by atoms with Crippen LogP contribution >= 0.6 is 15.9 Å². The number of allylic oxidation sites excluding steroid dienone is 1. The predicted molar refractivity (Wildman–Crippen MR) is 102 cm³/mol. The predicted octanol–water partition coefficient (Wildman–Crippen LogP) is 4.44. The minimum atomic E-state index is -0.504. The van der Waals surface area contributed by atoms with Gasteiger partial charge in [-0.3, -0.25) is 10.1 Å². The largest absolute Gasteiger partial charge is 0.493 e. The molecule has 0 saturated heterocycles. The molecule has 7 heteroatoms. The molecule has 0 unspecified atom stereocenters. The van der Waals surface area contributed by atoms with Gasteiger partial charge >= 0.3 is 0 Å². The summed E-state index contributed by atoms with van der Waals surface area (Å²) in [6.07, 6.45) is 6.81. The lowest BCUT2D eigenvalue weighted by Gasteiger charge is -2.12. The molecule has 26 heavy (non-hydrogen) atoms. The van der Waals surface area contributed by atoms with Crippen LogP contribution in [0.1, 0.15) is 11.1 Å². The highest BCUT2D eigenvalue weighted by Gasteiger charge is 2.13. The van der Waals surface area contributed by atoms with Crippen molar-refractivity contribution in [1.82, 2.24) is 0 Å². The van der Waals surface area contributed by atoms with Gasteiger partial charge in [-0.2, -0.15) is 5.26 Å². The van der Waals surface area contributed by atoms with Gasteiger partial charge in [0, 0.05) is 12.1 Å². The Labute approximate surface area is 158 Å². The molecule has 0 aliphatic rings. The maximum atomic E-state index is 10.9. The van der Waals surface area contributed by atoms with Crippen molar-refractivity contribution in [2.75, 3.05) is 13.7 Å². The van der Waals surface area contributed by atoms with Gasteiger partial charge in [0.15, 0.2) is 11.5 Å². The summed E-state index contributed by atoms with van der Waals surface area (Å²) < 4.78 is 11.4. The molecule has 0 amide bonds. The van der Waals surface area contributed by atoms with Crippen molar-refractivity contribution in [3.05, 3.63) is 62.1 Å². The molecule has 0 heterocycles. The Balaban J connectivity index is 2.48. The first-order chi connectivity index (χ1) is 12.5. The topological polar surface area (TPSA) is 85.4 Å². The van der Waals surface area contributed by atoms with Crippen molar-refractivity contribution >= 4 is 33.3 Å². The Morgan fingerprint density at radius 2 is 2.19 bits per heavy atom. The molecule has 0 aromatic heterocycles. The molecule has 0 N–H and O–H groups in total. The third-order valence-electron chi connectivity index (χ3n) is 3.35. The lowest BCUT2D eigenvalue weighted by Crippen LogP contribution is -1.98. The van der Waals surface area contributed by atoms with Gasteiger partial charge in [-0.25, -0.2) is 0 Å². The van der Waals surface area contributed by atoms with Gasteiger partial charge in [0.1, 0.15) is 6.61 Å². The highest BCUT2D eigenvalue weighted by molar-refractivity contribution is 9.10. The Kier molecular flexibility index (Phi) is 6.37. The summed E-state index contributed by atoms with van der Waals surface area (Å²) in [7, 11) is 1.49. The second-order valence-electron chi connectivity index (χ2n) is 5.00. The molecule has 6 nitrogen and oxygen atoms in total. The van der Waals surface area contributed by atoms with E-state index in [1.807, 2.05) is 0 Å². The van der Waals surface area contributed by atoms with Gasteiger partial charge in [0.25, 0.3) is 5.69 Å². The molecule has 130 valence electrons. The number of nitro benzene ring substituents is 1. The molecular formula is C19H13BrN2O4. The SMILES string of the molecule is C#CCOc1c(Br)cc(C=C(C#N)c2cccc([N+](=O)[O-])c2)cc1OC. The van der Waals surface area contributed by atoms with E-state index in [0.717, 1.165) is 0 Å². The summed E-state index contributed by atoms with van der Waals surface area (Å²) in [4.78, 5) is 10.4. The number of hydrogen-bond acceptors (Lipinski definition) is 5. The standard InChI is InChI=1S/C19H13BrN2O4/c1-3-7-26-19-17(20)9-13(10-18(19)25-2)8-15(12-21)14-5-4-6-16(11-14)22(23)24/h1,4-6,8-11H,7H2,2H3. The molecular weight excluding hydrogens is 400 g/mol. The molecule has 0 fully saturated rings. The molecule has 0 spiro atoms. The van der Waals surface area contributed by atoms with Crippen molar-refractivity contribution in [1.29, 1.82) is 5.26 Å². The van der Waals surface area contributed by atoms with Gasteiger partial charge in [-0.1, -0.05) is 18.1 Å². The maximum Gasteiger partial charge on any atom is 0.270 e. The first kappa shape index (κ1) is 19.0. The number of ether oxygens (including phenoxy) is 2. The van der Waals surface area contributed by atoms with Gasteiger partial charge in [0.2, 0.25) is 0 Å². The van der Waals surface area contributed by atoms with E-state index in [9.17, 15) is 15.4 Å². The third-order valence-corrected chi connectivity index (χ3v) is 3.94. The highest BCUT2D eigenvalue weighted by Crippen LogP contribution is 2.37. The van der Waals surface area contributed by atoms with Crippen LogP contribution in [0, 0.1) is 33.8 Å². The summed E-state index contributed by atoms with van der Waals surface area (Å²) >= 11 is 3.39. The van der Waals surface area contributed by atoms with Crippen molar-refractivity contribution < 1.29 is 14.4 Å². The van der Waals surface area contributed by atoms with Crippen LogP contribution in [0.3, 0.4) is 0 Å². The quantitative estimate of drug-likeness (QED) is 0.230. The van der Waals surface area contributed by atoms with Gasteiger partial charge in [-0.15, -0.1) is 6.42 Å². The number of halogens is 1. The van der Waals surface area contributed by atoms with E-state index in [4.69, 9.17) is 15.9 Å². The van der Waals surface area contributed by atoms with Crippen molar-refractivity contribution in [2.24, 2.45) is 0 Å². The van der Waals surface area contributed by atoms with Crippen molar-refractivity contribution in [2.45, 2.75) is 0 Å². The summed E-state index contributed by atoms with van der Waals surface area (Å²) in [5.74, 6) is 3.27. The van der Waals surface area contributed by atoms with Gasteiger partial charge in [0.05, 0.1) is 28.1 Å². The average Bonchev–Trinajstić information content (AvgIpc) is 2.64. The summed E-state index contributed by atoms with van der Waals surface area (Å²) in [5.41, 5.74) is 1.30. The molecule has 2 aromatic rings. The average molecular weight is 413 g/mol. The molecule has 0 aliphatic carbocycles. The number of non-ortho nitro benzene ring substituents is 1. The van der Waals surface area contributed by atoms with E-state index in [2.05, 4.69) is 27.9 Å². The monoisotopic (exact) mass is 412 g/mol. The molecule has 0 atom stereocenters. The Morgan fingerprint density at radius 1 is 1.42 bits per heavy atom. The van der Waals surface area contributed by atoms with E-state index >= 15 is 0 Å². The van der Waals surface area contributed by atoms with Gasteiger partial charge < -0.3 is 9.47 Å². The Morgan fingerprint density at radius 3 is 2.81 bits per heavy atom. The number of terminal acetylenes is 1. The molecule has 2 aromatic carbocycles. The first-order valence-electron chi connectivity index (χ1n) is 7.30. The smallest absolute Gasteiger partial charge is 0.270 e.